The van der Waals surface area contributed by atoms with Gasteiger partial charge < -0.3 is 9.84 Å². The SMILES string of the molecule is CC(=O)c1ccccc1OCCSCC1(CC(=O)O)CC1. The van der Waals surface area contributed by atoms with Crippen LogP contribution in [0.4, 0.5) is 0 Å². The van der Waals surface area contributed by atoms with E-state index in [0.717, 1.165) is 24.3 Å². The number of carboxylic acids is 1. The van der Waals surface area contributed by atoms with E-state index in [-0.39, 0.29) is 17.6 Å². The topological polar surface area (TPSA) is 63.6 Å². The molecule has 5 heteroatoms. The lowest BCUT2D eigenvalue weighted by Crippen LogP contribution is -2.12. The van der Waals surface area contributed by atoms with Gasteiger partial charge in [-0.1, -0.05) is 12.1 Å². The maximum absolute atomic E-state index is 11.5. The fraction of sp³-hybridized carbons (Fsp3) is 0.500. The molecule has 0 bridgehead atoms. The van der Waals surface area contributed by atoms with E-state index in [1.54, 1.807) is 23.9 Å². The Labute approximate surface area is 128 Å². The van der Waals surface area contributed by atoms with Crippen molar-refractivity contribution in [1.82, 2.24) is 0 Å². The number of benzene rings is 1. The van der Waals surface area contributed by atoms with Gasteiger partial charge in [-0.25, -0.2) is 0 Å². The molecule has 1 aromatic rings. The first kappa shape index (κ1) is 15.9. The summed E-state index contributed by atoms with van der Waals surface area (Å²) < 4.78 is 5.66. The van der Waals surface area contributed by atoms with Crippen molar-refractivity contribution in [3.63, 3.8) is 0 Å². The molecule has 1 aromatic carbocycles. The highest BCUT2D eigenvalue weighted by molar-refractivity contribution is 7.99. The molecule has 0 saturated heterocycles. The van der Waals surface area contributed by atoms with Crippen molar-refractivity contribution in [2.75, 3.05) is 18.1 Å². The number of thioether (sulfide) groups is 1. The third-order valence-electron chi connectivity index (χ3n) is 3.64. The number of carbonyl (C=O) groups excluding carboxylic acids is 1. The number of hydrogen-bond donors (Lipinski definition) is 1. The van der Waals surface area contributed by atoms with Gasteiger partial charge in [0.25, 0.3) is 0 Å². The lowest BCUT2D eigenvalue weighted by Gasteiger charge is -2.13. The minimum atomic E-state index is -0.709. The van der Waals surface area contributed by atoms with Gasteiger partial charge in [0.15, 0.2) is 5.78 Å². The first-order valence-corrected chi connectivity index (χ1v) is 8.20. The number of para-hydroxylation sites is 1. The molecular formula is C16H20O4S. The molecule has 4 nitrogen and oxygen atoms in total. The number of ether oxygens (including phenoxy) is 1. The van der Waals surface area contributed by atoms with Gasteiger partial charge in [-0.3, -0.25) is 9.59 Å². The summed E-state index contributed by atoms with van der Waals surface area (Å²) in [5.41, 5.74) is 0.625. The van der Waals surface area contributed by atoms with E-state index >= 15 is 0 Å². The fourth-order valence-corrected chi connectivity index (χ4v) is 3.42. The van der Waals surface area contributed by atoms with E-state index in [9.17, 15) is 9.59 Å². The third-order valence-corrected chi connectivity index (χ3v) is 4.92. The lowest BCUT2D eigenvalue weighted by atomic mass is 10.1. The van der Waals surface area contributed by atoms with Gasteiger partial charge in [0.05, 0.1) is 18.6 Å². The fourth-order valence-electron chi connectivity index (χ4n) is 2.25. The molecule has 1 fully saturated rings. The highest BCUT2D eigenvalue weighted by atomic mass is 32.2. The van der Waals surface area contributed by atoms with Crippen LogP contribution in [0.3, 0.4) is 0 Å². The molecule has 2 rings (SSSR count). The second-order valence-corrected chi connectivity index (χ2v) is 6.63. The average Bonchev–Trinajstić information content (AvgIpc) is 3.17. The Morgan fingerprint density at radius 2 is 2.05 bits per heavy atom. The summed E-state index contributed by atoms with van der Waals surface area (Å²) >= 11 is 1.72. The van der Waals surface area contributed by atoms with E-state index in [0.29, 0.717) is 17.9 Å². The number of hydrogen-bond acceptors (Lipinski definition) is 4. The van der Waals surface area contributed by atoms with Crippen molar-refractivity contribution in [3.05, 3.63) is 29.8 Å². The first-order valence-electron chi connectivity index (χ1n) is 7.05. The van der Waals surface area contributed by atoms with Crippen LogP contribution in [0, 0.1) is 5.41 Å². The maximum Gasteiger partial charge on any atom is 0.303 e. The molecule has 0 amide bonds. The summed E-state index contributed by atoms with van der Waals surface area (Å²) in [6.07, 6.45) is 2.30. The van der Waals surface area contributed by atoms with Crippen molar-refractivity contribution >= 4 is 23.5 Å². The molecule has 0 aromatic heterocycles. The van der Waals surface area contributed by atoms with Gasteiger partial charge >= 0.3 is 5.97 Å². The molecule has 0 aliphatic heterocycles. The van der Waals surface area contributed by atoms with Gasteiger partial charge in [0.2, 0.25) is 0 Å². The molecule has 0 radical (unpaired) electrons. The summed E-state index contributed by atoms with van der Waals surface area (Å²) in [4.78, 5) is 22.2. The van der Waals surface area contributed by atoms with Crippen molar-refractivity contribution in [1.29, 1.82) is 0 Å². The van der Waals surface area contributed by atoms with Gasteiger partial charge in [-0.2, -0.15) is 11.8 Å². The summed E-state index contributed by atoms with van der Waals surface area (Å²) in [5.74, 6) is 1.58. The second kappa shape index (κ2) is 6.98. The van der Waals surface area contributed by atoms with Gasteiger partial charge in [0, 0.05) is 5.75 Å². The molecule has 0 spiro atoms. The summed E-state index contributed by atoms with van der Waals surface area (Å²) in [6, 6.07) is 7.23. The summed E-state index contributed by atoms with van der Waals surface area (Å²) in [6.45, 7) is 2.05. The van der Waals surface area contributed by atoms with Crippen LogP contribution in [0.2, 0.25) is 0 Å². The Hall–Kier alpha value is -1.49. The molecule has 0 unspecified atom stereocenters. The molecule has 0 atom stereocenters. The van der Waals surface area contributed by atoms with E-state index in [1.165, 1.54) is 6.92 Å². The molecule has 1 N–H and O–H groups in total. The van der Waals surface area contributed by atoms with Crippen molar-refractivity contribution in [3.8, 4) is 5.75 Å². The predicted octanol–water partition coefficient (Wildman–Crippen LogP) is 3.26. The Kier molecular flexibility index (Phi) is 5.28. The van der Waals surface area contributed by atoms with Crippen LogP contribution in [0.15, 0.2) is 24.3 Å². The maximum atomic E-state index is 11.5. The van der Waals surface area contributed by atoms with Crippen LogP contribution in [0.5, 0.6) is 5.75 Å². The molecule has 114 valence electrons. The van der Waals surface area contributed by atoms with Gasteiger partial charge in [-0.15, -0.1) is 0 Å². The second-order valence-electron chi connectivity index (χ2n) is 5.52. The van der Waals surface area contributed by atoms with Crippen LogP contribution in [-0.2, 0) is 4.79 Å². The first-order chi connectivity index (χ1) is 10.0. The van der Waals surface area contributed by atoms with E-state index < -0.39 is 5.97 Å². The smallest absolute Gasteiger partial charge is 0.303 e. The van der Waals surface area contributed by atoms with Crippen molar-refractivity contribution < 1.29 is 19.4 Å². The van der Waals surface area contributed by atoms with Gasteiger partial charge in [0.1, 0.15) is 5.75 Å². The molecule has 0 heterocycles. The molecule has 1 aliphatic carbocycles. The zero-order valence-corrected chi connectivity index (χ0v) is 12.9. The quantitative estimate of drug-likeness (QED) is 0.560. The number of aliphatic carboxylic acids is 1. The average molecular weight is 308 g/mol. The van der Waals surface area contributed by atoms with Crippen LogP contribution < -0.4 is 4.74 Å². The van der Waals surface area contributed by atoms with Crippen LogP contribution >= 0.6 is 11.8 Å². The molecule has 1 saturated carbocycles. The summed E-state index contributed by atoms with van der Waals surface area (Å²) in [5, 5.41) is 8.86. The van der Waals surface area contributed by atoms with Crippen LogP contribution in [0.25, 0.3) is 0 Å². The monoisotopic (exact) mass is 308 g/mol. The largest absolute Gasteiger partial charge is 0.492 e. The standard InChI is InChI=1S/C16H20O4S/c1-12(17)13-4-2-3-5-14(13)20-8-9-21-11-16(6-7-16)10-15(18)19/h2-5H,6-11H2,1H3,(H,18,19). The minimum absolute atomic E-state index is 0.00311. The highest BCUT2D eigenvalue weighted by Crippen LogP contribution is 2.50. The zero-order chi connectivity index (χ0) is 15.3. The number of carbonyl (C=O) groups is 2. The van der Waals surface area contributed by atoms with E-state index in [2.05, 4.69) is 0 Å². The lowest BCUT2D eigenvalue weighted by molar-refractivity contribution is -0.138. The highest BCUT2D eigenvalue weighted by Gasteiger charge is 2.43. The zero-order valence-electron chi connectivity index (χ0n) is 12.1. The predicted molar refractivity (Wildman–Crippen MR) is 83.2 cm³/mol. The van der Waals surface area contributed by atoms with Crippen molar-refractivity contribution in [2.24, 2.45) is 5.41 Å². The number of rotatable bonds is 9. The third kappa shape index (κ3) is 4.77. The Morgan fingerprint density at radius 1 is 1.33 bits per heavy atom. The van der Waals surface area contributed by atoms with Crippen LogP contribution in [0.1, 0.15) is 36.5 Å². The van der Waals surface area contributed by atoms with Crippen LogP contribution in [-0.4, -0.2) is 35.0 Å². The molecule has 1 aliphatic rings. The van der Waals surface area contributed by atoms with Gasteiger partial charge in [-0.05, 0) is 43.1 Å². The Morgan fingerprint density at radius 3 is 2.67 bits per heavy atom. The number of ketones is 1. The van der Waals surface area contributed by atoms with E-state index in [1.807, 2.05) is 12.1 Å². The molecule has 21 heavy (non-hydrogen) atoms. The van der Waals surface area contributed by atoms with Crippen molar-refractivity contribution in [2.45, 2.75) is 26.2 Å². The van der Waals surface area contributed by atoms with E-state index in [4.69, 9.17) is 9.84 Å². The minimum Gasteiger partial charge on any atom is -0.492 e. The molecular weight excluding hydrogens is 288 g/mol. The Balaban J connectivity index is 1.71. The number of carboxylic acid groups (broad SMARTS) is 1. The number of Topliss-reactive ketones (excluding diaryl/α,β-unsaturated/α-hetero) is 1. The normalized spacial score (nSPS) is 15.5. The Bertz CT molecular complexity index is 523. The summed E-state index contributed by atoms with van der Waals surface area (Å²) in [7, 11) is 0.